The Balaban J connectivity index is 2.03. The van der Waals surface area contributed by atoms with E-state index >= 15 is 0 Å². The first kappa shape index (κ1) is 10.9. The van der Waals surface area contributed by atoms with E-state index in [2.05, 4.69) is 58.0 Å². The molecule has 0 saturated carbocycles. The molecule has 0 atom stereocenters. The van der Waals surface area contributed by atoms with Crippen LogP contribution in [-0.2, 0) is 0 Å². The van der Waals surface area contributed by atoms with Crippen molar-refractivity contribution in [1.82, 2.24) is 19.9 Å². The van der Waals surface area contributed by atoms with E-state index in [9.17, 15) is 0 Å². The van der Waals surface area contributed by atoms with Crippen molar-refractivity contribution in [2.45, 2.75) is 19.8 Å². The van der Waals surface area contributed by atoms with Crippen molar-refractivity contribution in [3.8, 4) is 11.4 Å². The van der Waals surface area contributed by atoms with Crippen LogP contribution in [0.5, 0.6) is 0 Å². The Hall–Kier alpha value is -2.23. The summed E-state index contributed by atoms with van der Waals surface area (Å²) < 4.78 is 0. The number of hydrogen-bond acceptors (Lipinski definition) is 3. The molecule has 1 N–H and O–H groups in total. The third-order valence-electron chi connectivity index (χ3n) is 3.01. The molecule has 0 aliphatic carbocycles. The summed E-state index contributed by atoms with van der Waals surface area (Å²) >= 11 is 0. The molecule has 1 aromatic carbocycles. The minimum atomic E-state index is 0.542. The van der Waals surface area contributed by atoms with Gasteiger partial charge in [-0.2, -0.15) is 0 Å². The molecule has 0 saturated heterocycles. The number of imidazole rings is 1. The molecule has 4 nitrogen and oxygen atoms in total. The second-order valence-electron chi connectivity index (χ2n) is 4.62. The molecule has 0 bridgehead atoms. The van der Waals surface area contributed by atoms with Gasteiger partial charge in [-0.05, 0) is 11.5 Å². The zero-order valence-corrected chi connectivity index (χ0v) is 10.4. The summed E-state index contributed by atoms with van der Waals surface area (Å²) in [6, 6.07) is 8.44. The van der Waals surface area contributed by atoms with Crippen molar-refractivity contribution < 1.29 is 0 Å². The zero-order chi connectivity index (χ0) is 12.5. The van der Waals surface area contributed by atoms with E-state index in [1.54, 1.807) is 6.20 Å². The van der Waals surface area contributed by atoms with E-state index in [4.69, 9.17) is 0 Å². The Labute approximate surface area is 105 Å². The number of rotatable bonds is 2. The van der Waals surface area contributed by atoms with E-state index in [0.29, 0.717) is 11.6 Å². The summed E-state index contributed by atoms with van der Waals surface area (Å²) in [5, 5.41) is 0. The first-order valence-corrected chi connectivity index (χ1v) is 6.00. The molecular formula is C14H14N4. The number of benzene rings is 1. The molecule has 3 rings (SSSR count). The number of hydrogen-bond donors (Lipinski definition) is 1. The Morgan fingerprint density at radius 2 is 1.89 bits per heavy atom. The fraction of sp³-hybridized carbons (Fsp3) is 0.214. The van der Waals surface area contributed by atoms with E-state index in [-0.39, 0.29) is 0 Å². The van der Waals surface area contributed by atoms with Gasteiger partial charge in [0.2, 0.25) is 0 Å². The number of nitrogens with zero attached hydrogens (tertiary/aromatic N) is 3. The fourth-order valence-corrected chi connectivity index (χ4v) is 1.92. The normalized spacial score (nSPS) is 11.3. The number of aromatic amines is 1. The SMILES string of the molecule is CC(C)c1ccc(-c2nc3ncncc3[nH]2)cc1. The summed E-state index contributed by atoms with van der Waals surface area (Å²) in [5.41, 5.74) is 3.96. The summed E-state index contributed by atoms with van der Waals surface area (Å²) in [5.74, 6) is 1.38. The van der Waals surface area contributed by atoms with Crippen LogP contribution in [0.3, 0.4) is 0 Å². The van der Waals surface area contributed by atoms with Crippen LogP contribution < -0.4 is 0 Å². The predicted molar refractivity (Wildman–Crippen MR) is 71.2 cm³/mol. The fourth-order valence-electron chi connectivity index (χ4n) is 1.92. The van der Waals surface area contributed by atoms with E-state index in [0.717, 1.165) is 16.9 Å². The zero-order valence-electron chi connectivity index (χ0n) is 10.4. The molecule has 4 heteroatoms. The second kappa shape index (κ2) is 4.22. The van der Waals surface area contributed by atoms with Gasteiger partial charge in [-0.25, -0.2) is 15.0 Å². The van der Waals surface area contributed by atoms with Gasteiger partial charge in [0.25, 0.3) is 0 Å². The molecule has 0 amide bonds. The molecule has 2 aromatic heterocycles. The lowest BCUT2D eigenvalue weighted by atomic mass is 10.0. The summed E-state index contributed by atoms with van der Waals surface area (Å²) in [7, 11) is 0. The molecule has 2 heterocycles. The van der Waals surface area contributed by atoms with Crippen LogP contribution in [0, 0.1) is 0 Å². The van der Waals surface area contributed by atoms with Gasteiger partial charge in [0.1, 0.15) is 17.7 Å². The largest absolute Gasteiger partial charge is 0.335 e. The average Bonchev–Trinajstić information content (AvgIpc) is 2.82. The van der Waals surface area contributed by atoms with Gasteiger partial charge in [0, 0.05) is 5.56 Å². The average molecular weight is 238 g/mol. The Morgan fingerprint density at radius 3 is 2.56 bits per heavy atom. The number of nitrogens with one attached hydrogen (secondary N) is 1. The molecule has 0 fully saturated rings. The minimum Gasteiger partial charge on any atom is -0.335 e. The molecule has 3 aromatic rings. The maximum Gasteiger partial charge on any atom is 0.181 e. The van der Waals surface area contributed by atoms with Gasteiger partial charge in [-0.15, -0.1) is 0 Å². The molecule has 90 valence electrons. The van der Waals surface area contributed by atoms with Crippen molar-refractivity contribution in [3.05, 3.63) is 42.4 Å². The van der Waals surface area contributed by atoms with Crippen molar-refractivity contribution in [1.29, 1.82) is 0 Å². The lowest BCUT2D eigenvalue weighted by molar-refractivity contribution is 0.867. The van der Waals surface area contributed by atoms with Gasteiger partial charge in [0.15, 0.2) is 5.65 Å². The highest BCUT2D eigenvalue weighted by Crippen LogP contribution is 2.21. The highest BCUT2D eigenvalue weighted by atomic mass is 15.0. The van der Waals surface area contributed by atoms with Crippen LogP contribution in [0.4, 0.5) is 0 Å². The Bertz CT molecular complexity index is 635. The van der Waals surface area contributed by atoms with E-state index in [1.807, 2.05) is 0 Å². The molecule has 0 unspecified atom stereocenters. The van der Waals surface area contributed by atoms with Crippen LogP contribution in [0.1, 0.15) is 25.3 Å². The van der Waals surface area contributed by atoms with Gasteiger partial charge >= 0.3 is 0 Å². The highest BCUT2D eigenvalue weighted by molar-refractivity contribution is 5.74. The van der Waals surface area contributed by atoms with Crippen LogP contribution in [0.2, 0.25) is 0 Å². The van der Waals surface area contributed by atoms with Crippen LogP contribution in [0.15, 0.2) is 36.8 Å². The third-order valence-corrected chi connectivity index (χ3v) is 3.01. The molecule has 0 aliphatic rings. The Morgan fingerprint density at radius 1 is 1.11 bits per heavy atom. The second-order valence-corrected chi connectivity index (χ2v) is 4.62. The van der Waals surface area contributed by atoms with Crippen molar-refractivity contribution in [3.63, 3.8) is 0 Å². The summed E-state index contributed by atoms with van der Waals surface area (Å²) in [6.07, 6.45) is 3.25. The quantitative estimate of drug-likeness (QED) is 0.746. The number of fused-ring (bicyclic) bond motifs is 1. The topological polar surface area (TPSA) is 54.5 Å². The third kappa shape index (κ3) is 1.86. The van der Waals surface area contributed by atoms with Crippen LogP contribution >= 0.6 is 0 Å². The maximum atomic E-state index is 4.45. The molecule has 0 aliphatic heterocycles. The highest BCUT2D eigenvalue weighted by Gasteiger charge is 2.06. The molecular weight excluding hydrogens is 224 g/mol. The van der Waals surface area contributed by atoms with Crippen LogP contribution in [-0.4, -0.2) is 19.9 Å². The first-order chi connectivity index (χ1) is 8.74. The monoisotopic (exact) mass is 238 g/mol. The maximum absolute atomic E-state index is 4.45. The Kier molecular flexibility index (Phi) is 2.55. The summed E-state index contributed by atoms with van der Waals surface area (Å²) in [4.78, 5) is 15.8. The molecule has 18 heavy (non-hydrogen) atoms. The van der Waals surface area contributed by atoms with Gasteiger partial charge in [-0.3, -0.25) is 0 Å². The van der Waals surface area contributed by atoms with Gasteiger partial charge in [0.05, 0.1) is 6.20 Å². The van der Waals surface area contributed by atoms with Crippen molar-refractivity contribution in [2.75, 3.05) is 0 Å². The minimum absolute atomic E-state index is 0.542. The molecule has 0 radical (unpaired) electrons. The van der Waals surface area contributed by atoms with Gasteiger partial charge in [-0.1, -0.05) is 38.1 Å². The van der Waals surface area contributed by atoms with Gasteiger partial charge < -0.3 is 4.98 Å². The number of aromatic nitrogens is 4. The standard InChI is InChI=1S/C14H14N4/c1-9(2)10-3-5-11(6-4-10)13-17-12-7-15-8-16-14(12)18-13/h3-9H,1-2H3,(H,15,16,17,18). The lowest BCUT2D eigenvalue weighted by Crippen LogP contribution is -1.87. The smallest absolute Gasteiger partial charge is 0.181 e. The van der Waals surface area contributed by atoms with E-state index in [1.165, 1.54) is 11.9 Å². The van der Waals surface area contributed by atoms with Crippen molar-refractivity contribution in [2.24, 2.45) is 0 Å². The summed E-state index contributed by atoms with van der Waals surface area (Å²) in [6.45, 7) is 4.37. The van der Waals surface area contributed by atoms with Crippen molar-refractivity contribution >= 4 is 11.2 Å². The predicted octanol–water partition coefficient (Wildman–Crippen LogP) is 3.14. The van der Waals surface area contributed by atoms with Crippen LogP contribution in [0.25, 0.3) is 22.6 Å². The number of H-pyrrole nitrogens is 1. The lowest BCUT2D eigenvalue weighted by Gasteiger charge is -2.05. The first-order valence-electron chi connectivity index (χ1n) is 6.00. The molecule has 0 spiro atoms. The van der Waals surface area contributed by atoms with E-state index < -0.39 is 0 Å².